The minimum atomic E-state index is -4.37. The minimum absolute atomic E-state index is 0.441. The lowest BCUT2D eigenvalue weighted by atomic mass is 9.92. The van der Waals surface area contributed by atoms with Crippen molar-refractivity contribution in [1.29, 1.82) is 0 Å². The van der Waals surface area contributed by atoms with E-state index in [0.29, 0.717) is 13.0 Å². The average molecular weight is 198 g/mol. The molecule has 0 fully saturated rings. The summed E-state index contributed by atoms with van der Waals surface area (Å²) in [5.74, 6) is -0.441. The Hall–Kier alpha value is -0.160. The molecule has 0 aliphatic rings. The molecule has 0 aliphatic carbocycles. The zero-order chi connectivity index (χ0) is 9.83. The van der Waals surface area contributed by atoms with E-state index in [1.165, 1.54) is 7.11 Å². The standard InChI is InChI=1S/C7H15FO3S/c1-7(2,4-5-11-3)6-12(8,9)10/h4-6H2,1-3H3. The Morgan fingerprint density at radius 1 is 1.42 bits per heavy atom. The van der Waals surface area contributed by atoms with Crippen LogP contribution in [0.2, 0.25) is 0 Å². The van der Waals surface area contributed by atoms with Crippen LogP contribution in [-0.2, 0) is 15.0 Å². The maximum atomic E-state index is 12.2. The van der Waals surface area contributed by atoms with Crippen molar-refractivity contribution in [2.75, 3.05) is 19.5 Å². The largest absolute Gasteiger partial charge is 0.385 e. The molecule has 3 nitrogen and oxygen atoms in total. The van der Waals surface area contributed by atoms with E-state index in [1.54, 1.807) is 13.8 Å². The van der Waals surface area contributed by atoms with Crippen molar-refractivity contribution in [3.63, 3.8) is 0 Å². The summed E-state index contributed by atoms with van der Waals surface area (Å²) in [4.78, 5) is 0. The second-order valence-electron chi connectivity index (χ2n) is 3.59. The van der Waals surface area contributed by atoms with Crippen molar-refractivity contribution in [3.05, 3.63) is 0 Å². The van der Waals surface area contributed by atoms with Crippen LogP contribution >= 0.6 is 0 Å². The van der Waals surface area contributed by atoms with Gasteiger partial charge in [0.25, 0.3) is 0 Å². The molecule has 0 rings (SSSR count). The summed E-state index contributed by atoms with van der Waals surface area (Å²) in [6.07, 6.45) is 0.534. The topological polar surface area (TPSA) is 43.4 Å². The molecule has 0 aliphatic heterocycles. The fourth-order valence-electron chi connectivity index (χ4n) is 0.917. The number of hydrogen-bond acceptors (Lipinski definition) is 3. The van der Waals surface area contributed by atoms with Crippen molar-refractivity contribution >= 4 is 10.2 Å². The Labute approximate surface area is 73.1 Å². The molecule has 5 heteroatoms. The fraction of sp³-hybridized carbons (Fsp3) is 1.00. The van der Waals surface area contributed by atoms with Crippen LogP contribution in [0.15, 0.2) is 0 Å². The van der Waals surface area contributed by atoms with E-state index < -0.39 is 21.4 Å². The van der Waals surface area contributed by atoms with Crippen molar-refractivity contribution in [3.8, 4) is 0 Å². The zero-order valence-corrected chi connectivity index (χ0v) is 8.45. The van der Waals surface area contributed by atoms with Gasteiger partial charge < -0.3 is 4.74 Å². The van der Waals surface area contributed by atoms with E-state index in [-0.39, 0.29) is 0 Å². The Kier molecular flexibility index (Phi) is 4.13. The first-order valence-electron chi connectivity index (χ1n) is 3.68. The van der Waals surface area contributed by atoms with Gasteiger partial charge in [0.1, 0.15) is 0 Å². The number of halogens is 1. The lowest BCUT2D eigenvalue weighted by molar-refractivity contribution is 0.160. The lowest BCUT2D eigenvalue weighted by Gasteiger charge is -2.21. The summed E-state index contributed by atoms with van der Waals surface area (Å²) in [6, 6.07) is 0. The third-order valence-corrected chi connectivity index (χ3v) is 2.67. The highest BCUT2D eigenvalue weighted by atomic mass is 32.3. The molecular weight excluding hydrogens is 183 g/mol. The third-order valence-electron chi connectivity index (χ3n) is 1.55. The summed E-state index contributed by atoms with van der Waals surface area (Å²) in [7, 11) is -2.84. The maximum absolute atomic E-state index is 12.2. The summed E-state index contributed by atoms with van der Waals surface area (Å²) < 4.78 is 37.6. The highest BCUT2D eigenvalue weighted by Gasteiger charge is 2.25. The van der Waals surface area contributed by atoms with E-state index in [0.717, 1.165) is 0 Å². The van der Waals surface area contributed by atoms with Crippen LogP contribution in [0.4, 0.5) is 3.89 Å². The quantitative estimate of drug-likeness (QED) is 0.626. The van der Waals surface area contributed by atoms with Crippen LogP contribution in [0, 0.1) is 5.41 Å². The van der Waals surface area contributed by atoms with E-state index in [4.69, 9.17) is 4.74 Å². The minimum Gasteiger partial charge on any atom is -0.385 e. The molecule has 12 heavy (non-hydrogen) atoms. The van der Waals surface area contributed by atoms with E-state index >= 15 is 0 Å². The van der Waals surface area contributed by atoms with E-state index in [1.807, 2.05) is 0 Å². The van der Waals surface area contributed by atoms with Crippen LogP contribution in [0.25, 0.3) is 0 Å². The van der Waals surface area contributed by atoms with Gasteiger partial charge in [-0.3, -0.25) is 0 Å². The molecule has 0 saturated heterocycles. The predicted molar refractivity (Wildman–Crippen MR) is 45.2 cm³/mol. The maximum Gasteiger partial charge on any atom is 0.302 e. The van der Waals surface area contributed by atoms with Gasteiger partial charge in [-0.2, -0.15) is 8.42 Å². The van der Waals surface area contributed by atoms with Gasteiger partial charge in [-0.05, 0) is 11.8 Å². The van der Waals surface area contributed by atoms with Crippen LogP contribution in [-0.4, -0.2) is 27.9 Å². The highest BCUT2D eigenvalue weighted by Crippen LogP contribution is 2.23. The molecule has 0 aromatic heterocycles. The van der Waals surface area contributed by atoms with Crippen molar-refractivity contribution < 1.29 is 17.0 Å². The molecule has 0 unspecified atom stereocenters. The van der Waals surface area contributed by atoms with Gasteiger partial charge in [0.05, 0.1) is 5.75 Å². The summed E-state index contributed by atoms with van der Waals surface area (Å²) in [5, 5.41) is 0. The second kappa shape index (κ2) is 4.18. The molecule has 0 atom stereocenters. The first-order chi connectivity index (χ1) is 5.27. The molecular formula is C7H15FO3S. The first-order valence-corrected chi connectivity index (χ1v) is 5.23. The number of rotatable bonds is 5. The molecule has 0 radical (unpaired) electrons. The molecule has 0 heterocycles. The molecule has 0 aromatic carbocycles. The Morgan fingerprint density at radius 2 is 1.92 bits per heavy atom. The second-order valence-corrected chi connectivity index (χ2v) is 4.96. The average Bonchev–Trinajstić information content (AvgIpc) is 1.78. The van der Waals surface area contributed by atoms with Gasteiger partial charge in [0.15, 0.2) is 0 Å². The van der Waals surface area contributed by atoms with Gasteiger partial charge in [0.2, 0.25) is 0 Å². The molecule has 0 amide bonds. The fourth-order valence-corrected chi connectivity index (χ4v) is 2.00. The van der Waals surface area contributed by atoms with Crippen LogP contribution < -0.4 is 0 Å². The first kappa shape index (κ1) is 11.8. The number of methoxy groups -OCH3 is 1. The Morgan fingerprint density at radius 3 is 2.25 bits per heavy atom. The normalized spacial score (nSPS) is 13.3. The molecule has 0 aromatic rings. The SMILES string of the molecule is COCCC(C)(C)CS(=O)(=O)F. The molecule has 0 bridgehead atoms. The summed E-state index contributed by atoms with van der Waals surface area (Å²) in [5.41, 5.74) is -0.552. The summed E-state index contributed by atoms with van der Waals surface area (Å²) >= 11 is 0. The van der Waals surface area contributed by atoms with Crippen LogP contribution in [0.5, 0.6) is 0 Å². The lowest BCUT2D eigenvalue weighted by Crippen LogP contribution is -2.23. The monoisotopic (exact) mass is 198 g/mol. The van der Waals surface area contributed by atoms with Gasteiger partial charge in [-0.1, -0.05) is 13.8 Å². The van der Waals surface area contributed by atoms with Crippen molar-refractivity contribution in [2.45, 2.75) is 20.3 Å². The van der Waals surface area contributed by atoms with Gasteiger partial charge in [0, 0.05) is 13.7 Å². The van der Waals surface area contributed by atoms with E-state index in [2.05, 4.69) is 0 Å². The molecule has 0 saturated carbocycles. The molecule has 0 spiro atoms. The van der Waals surface area contributed by atoms with Crippen molar-refractivity contribution in [1.82, 2.24) is 0 Å². The predicted octanol–water partition coefficient (Wildman–Crippen LogP) is 1.35. The highest BCUT2D eigenvalue weighted by molar-refractivity contribution is 7.86. The van der Waals surface area contributed by atoms with Crippen LogP contribution in [0.1, 0.15) is 20.3 Å². The van der Waals surface area contributed by atoms with Gasteiger partial charge in [-0.25, -0.2) is 0 Å². The van der Waals surface area contributed by atoms with Gasteiger partial charge >= 0.3 is 10.2 Å². The molecule has 74 valence electrons. The Bertz CT molecular complexity index is 221. The number of hydrogen-bond donors (Lipinski definition) is 0. The summed E-state index contributed by atoms with van der Waals surface area (Å²) in [6.45, 7) is 3.84. The van der Waals surface area contributed by atoms with E-state index in [9.17, 15) is 12.3 Å². The van der Waals surface area contributed by atoms with Crippen molar-refractivity contribution in [2.24, 2.45) is 5.41 Å². The molecule has 0 N–H and O–H groups in total. The van der Waals surface area contributed by atoms with Gasteiger partial charge in [-0.15, -0.1) is 3.89 Å². The Balaban J connectivity index is 4.04. The number of ether oxygens (including phenoxy) is 1. The zero-order valence-electron chi connectivity index (χ0n) is 7.63. The third kappa shape index (κ3) is 6.54. The van der Waals surface area contributed by atoms with Crippen LogP contribution in [0.3, 0.4) is 0 Å². The smallest absolute Gasteiger partial charge is 0.302 e.